The zero-order valence-corrected chi connectivity index (χ0v) is 12.3. The maximum Gasteiger partial charge on any atom is 0.233 e. The van der Waals surface area contributed by atoms with Crippen molar-refractivity contribution in [3.8, 4) is 0 Å². The fourth-order valence-corrected chi connectivity index (χ4v) is 4.38. The third-order valence-electron chi connectivity index (χ3n) is 5.53. The number of hydrogen-bond acceptors (Lipinski definition) is 3. The fraction of sp³-hybridized carbons (Fsp3) is 0.875. The number of carbonyl (C=O) groups excluding carboxylic acids is 2. The van der Waals surface area contributed by atoms with Crippen LogP contribution < -0.4 is 0 Å². The Bertz CT molecular complexity index is 379. The Morgan fingerprint density at radius 1 is 1.10 bits per heavy atom. The van der Waals surface area contributed by atoms with E-state index in [9.17, 15) is 14.7 Å². The minimum absolute atomic E-state index is 0.0285. The first-order chi connectivity index (χ1) is 9.58. The summed E-state index contributed by atoms with van der Waals surface area (Å²) in [5.74, 6) is 0.484. The minimum atomic E-state index is -0.528. The molecule has 3 aliphatic rings. The van der Waals surface area contributed by atoms with E-state index < -0.39 is 6.10 Å². The molecule has 4 heteroatoms. The van der Waals surface area contributed by atoms with E-state index in [1.807, 2.05) is 0 Å². The second kappa shape index (κ2) is 5.47. The standard InChI is InChI=1S/C16H25NO3/c1-10-7-12-13(8-10)16(20)17(15(12)19)9-14(18)11-5-3-2-4-6-11/h10-14,18H,2-9H2,1H3. The Morgan fingerprint density at radius 3 is 2.20 bits per heavy atom. The number of aliphatic hydroxyl groups is 1. The average molecular weight is 279 g/mol. The molecular formula is C16H25NO3. The first-order valence-electron chi connectivity index (χ1n) is 8.11. The van der Waals surface area contributed by atoms with E-state index in [-0.39, 0.29) is 36.1 Å². The topological polar surface area (TPSA) is 57.6 Å². The van der Waals surface area contributed by atoms with Gasteiger partial charge in [-0.05, 0) is 37.5 Å². The highest BCUT2D eigenvalue weighted by Crippen LogP contribution is 2.43. The molecule has 1 saturated heterocycles. The summed E-state index contributed by atoms with van der Waals surface area (Å²) in [6.45, 7) is 2.34. The van der Waals surface area contributed by atoms with E-state index in [0.717, 1.165) is 38.5 Å². The van der Waals surface area contributed by atoms with Crippen LogP contribution in [0.4, 0.5) is 0 Å². The van der Waals surface area contributed by atoms with Crippen LogP contribution in [-0.2, 0) is 9.59 Å². The lowest BCUT2D eigenvalue weighted by molar-refractivity contribution is -0.142. The third kappa shape index (κ3) is 2.39. The third-order valence-corrected chi connectivity index (χ3v) is 5.53. The summed E-state index contributed by atoms with van der Waals surface area (Å²) in [6, 6.07) is 0. The van der Waals surface area contributed by atoms with Gasteiger partial charge in [-0.25, -0.2) is 0 Å². The van der Waals surface area contributed by atoms with E-state index in [1.54, 1.807) is 0 Å². The number of fused-ring (bicyclic) bond motifs is 1. The molecular weight excluding hydrogens is 254 g/mol. The maximum absolute atomic E-state index is 12.4. The van der Waals surface area contributed by atoms with Gasteiger partial charge in [0.1, 0.15) is 0 Å². The first-order valence-corrected chi connectivity index (χ1v) is 8.11. The van der Waals surface area contributed by atoms with Crippen molar-refractivity contribution in [2.75, 3.05) is 6.54 Å². The minimum Gasteiger partial charge on any atom is -0.391 e. The van der Waals surface area contributed by atoms with E-state index in [1.165, 1.54) is 11.3 Å². The van der Waals surface area contributed by atoms with Crippen LogP contribution in [0.25, 0.3) is 0 Å². The van der Waals surface area contributed by atoms with Gasteiger partial charge in [-0.3, -0.25) is 14.5 Å². The van der Waals surface area contributed by atoms with Crippen LogP contribution in [0.1, 0.15) is 51.9 Å². The van der Waals surface area contributed by atoms with Gasteiger partial charge in [0.25, 0.3) is 0 Å². The predicted molar refractivity (Wildman–Crippen MR) is 74.7 cm³/mol. The largest absolute Gasteiger partial charge is 0.391 e. The van der Waals surface area contributed by atoms with Crippen molar-refractivity contribution in [3.63, 3.8) is 0 Å². The van der Waals surface area contributed by atoms with Crippen molar-refractivity contribution in [3.05, 3.63) is 0 Å². The van der Waals surface area contributed by atoms with Crippen LogP contribution in [0.5, 0.6) is 0 Å². The Kier molecular flexibility index (Phi) is 3.85. The molecule has 3 fully saturated rings. The monoisotopic (exact) mass is 279 g/mol. The molecule has 0 aromatic carbocycles. The van der Waals surface area contributed by atoms with Gasteiger partial charge in [0.15, 0.2) is 0 Å². The van der Waals surface area contributed by atoms with Crippen molar-refractivity contribution in [1.29, 1.82) is 0 Å². The second-order valence-corrected chi connectivity index (χ2v) is 7.04. The zero-order chi connectivity index (χ0) is 14.3. The number of aliphatic hydroxyl groups excluding tert-OH is 1. The normalized spacial score (nSPS) is 36.5. The van der Waals surface area contributed by atoms with E-state index in [0.29, 0.717) is 5.92 Å². The number of imide groups is 1. The number of rotatable bonds is 3. The van der Waals surface area contributed by atoms with Crippen LogP contribution >= 0.6 is 0 Å². The summed E-state index contributed by atoms with van der Waals surface area (Å²) in [4.78, 5) is 26.1. The number of carbonyl (C=O) groups is 2. The molecule has 0 aromatic rings. The molecule has 112 valence electrons. The van der Waals surface area contributed by atoms with Gasteiger partial charge in [-0.15, -0.1) is 0 Å². The molecule has 0 spiro atoms. The van der Waals surface area contributed by atoms with Gasteiger partial charge >= 0.3 is 0 Å². The van der Waals surface area contributed by atoms with Crippen LogP contribution in [-0.4, -0.2) is 34.5 Å². The molecule has 3 atom stereocenters. The molecule has 1 aliphatic heterocycles. The molecule has 3 rings (SSSR count). The molecule has 1 N–H and O–H groups in total. The molecule has 2 saturated carbocycles. The van der Waals surface area contributed by atoms with E-state index in [4.69, 9.17) is 0 Å². The summed E-state index contributed by atoms with van der Waals surface area (Å²) in [5, 5.41) is 10.3. The average Bonchev–Trinajstić information content (AvgIpc) is 2.93. The summed E-state index contributed by atoms with van der Waals surface area (Å²) in [5.41, 5.74) is 0. The van der Waals surface area contributed by atoms with Crippen LogP contribution in [0.2, 0.25) is 0 Å². The van der Waals surface area contributed by atoms with Gasteiger partial charge in [0, 0.05) is 0 Å². The Labute approximate surface area is 120 Å². The van der Waals surface area contributed by atoms with E-state index >= 15 is 0 Å². The fourth-order valence-electron chi connectivity index (χ4n) is 4.38. The zero-order valence-electron chi connectivity index (χ0n) is 12.3. The Balaban J connectivity index is 1.63. The molecule has 2 aliphatic carbocycles. The number of β-amino-alcohol motifs (C(OH)–C–C–N with tert-alkyl or cyclic N) is 1. The van der Waals surface area contributed by atoms with Crippen LogP contribution in [0, 0.1) is 23.7 Å². The van der Waals surface area contributed by atoms with Gasteiger partial charge in [0.05, 0.1) is 24.5 Å². The molecule has 0 aromatic heterocycles. The smallest absolute Gasteiger partial charge is 0.233 e. The van der Waals surface area contributed by atoms with Gasteiger partial charge < -0.3 is 5.11 Å². The molecule has 1 heterocycles. The highest BCUT2D eigenvalue weighted by molar-refractivity contribution is 6.05. The van der Waals surface area contributed by atoms with Crippen molar-refractivity contribution >= 4 is 11.8 Å². The van der Waals surface area contributed by atoms with Gasteiger partial charge in [-0.2, -0.15) is 0 Å². The highest BCUT2D eigenvalue weighted by Gasteiger charge is 2.52. The second-order valence-electron chi connectivity index (χ2n) is 7.04. The summed E-state index contributed by atoms with van der Waals surface area (Å²) in [6.07, 6.45) is 6.77. The molecule has 0 bridgehead atoms. The molecule has 2 amide bonds. The van der Waals surface area contributed by atoms with Crippen molar-refractivity contribution in [2.45, 2.75) is 58.0 Å². The molecule has 0 radical (unpaired) electrons. The summed E-state index contributed by atoms with van der Waals surface area (Å²) < 4.78 is 0. The summed E-state index contributed by atoms with van der Waals surface area (Å²) in [7, 11) is 0. The number of likely N-dealkylation sites (tertiary alicyclic amines) is 1. The summed E-state index contributed by atoms with van der Waals surface area (Å²) >= 11 is 0. The van der Waals surface area contributed by atoms with E-state index in [2.05, 4.69) is 6.92 Å². The quantitative estimate of drug-likeness (QED) is 0.803. The molecule has 4 nitrogen and oxygen atoms in total. The van der Waals surface area contributed by atoms with Crippen molar-refractivity contribution in [1.82, 2.24) is 4.90 Å². The molecule has 3 unspecified atom stereocenters. The number of amides is 2. The van der Waals surface area contributed by atoms with Gasteiger partial charge in [0.2, 0.25) is 11.8 Å². The van der Waals surface area contributed by atoms with Crippen molar-refractivity contribution < 1.29 is 14.7 Å². The predicted octanol–water partition coefficient (Wildman–Crippen LogP) is 1.96. The lowest BCUT2D eigenvalue weighted by Gasteiger charge is -2.29. The maximum atomic E-state index is 12.4. The lowest BCUT2D eigenvalue weighted by atomic mass is 9.85. The van der Waals surface area contributed by atoms with Crippen molar-refractivity contribution in [2.24, 2.45) is 23.7 Å². The number of hydrogen-bond donors (Lipinski definition) is 1. The lowest BCUT2D eigenvalue weighted by Crippen LogP contribution is -2.41. The van der Waals surface area contributed by atoms with Gasteiger partial charge in [-0.1, -0.05) is 26.2 Å². The highest BCUT2D eigenvalue weighted by atomic mass is 16.3. The Morgan fingerprint density at radius 2 is 1.65 bits per heavy atom. The van der Waals surface area contributed by atoms with Crippen LogP contribution in [0.15, 0.2) is 0 Å². The molecule has 20 heavy (non-hydrogen) atoms. The van der Waals surface area contributed by atoms with Crippen LogP contribution in [0.3, 0.4) is 0 Å². The number of nitrogens with zero attached hydrogens (tertiary/aromatic N) is 1. The Hall–Kier alpha value is -0.900. The SMILES string of the molecule is CC1CC2C(=O)N(CC(O)C3CCCCC3)C(=O)C2C1. The first kappa shape index (κ1) is 14.1.